The maximum Gasteiger partial charge on any atom is 0.249 e. The number of benzene rings is 2. The predicted molar refractivity (Wildman–Crippen MR) is 103 cm³/mol. The Bertz CT molecular complexity index is 996. The standard InChI is InChI=1S/C20H17N7/c1-14-19(23-17-10-6-16(13-22)7-11-17)25-20(27-26-14)24-18-8-4-15(5-9-18)3-2-12-21/h4-11H,2-3H2,1H3,(H2,23,24,25,27). The van der Waals surface area contributed by atoms with E-state index < -0.39 is 0 Å². The summed E-state index contributed by atoms with van der Waals surface area (Å²) >= 11 is 0. The molecule has 0 aliphatic heterocycles. The van der Waals surface area contributed by atoms with E-state index in [0.717, 1.165) is 23.4 Å². The molecule has 0 saturated carbocycles. The highest BCUT2D eigenvalue weighted by atomic mass is 15.3. The number of nitriles is 2. The lowest BCUT2D eigenvalue weighted by molar-refractivity contribution is 0.939. The monoisotopic (exact) mass is 355 g/mol. The first kappa shape index (κ1) is 17.8. The minimum absolute atomic E-state index is 0.376. The van der Waals surface area contributed by atoms with E-state index in [9.17, 15) is 0 Å². The van der Waals surface area contributed by atoms with Crippen molar-refractivity contribution in [3.63, 3.8) is 0 Å². The minimum atomic E-state index is 0.376. The van der Waals surface area contributed by atoms with Gasteiger partial charge in [-0.05, 0) is 55.3 Å². The van der Waals surface area contributed by atoms with E-state index in [1.54, 1.807) is 12.1 Å². The number of aromatic nitrogens is 3. The van der Waals surface area contributed by atoms with Crippen molar-refractivity contribution in [2.24, 2.45) is 0 Å². The lowest BCUT2D eigenvalue weighted by Crippen LogP contribution is -2.05. The highest BCUT2D eigenvalue weighted by molar-refractivity contribution is 5.61. The molecule has 27 heavy (non-hydrogen) atoms. The SMILES string of the molecule is Cc1nnc(Nc2ccc(CCC#N)cc2)nc1Nc1ccc(C#N)cc1. The van der Waals surface area contributed by atoms with E-state index in [4.69, 9.17) is 10.5 Å². The predicted octanol–water partition coefficient (Wildman–Crippen LogP) is 4.00. The smallest absolute Gasteiger partial charge is 0.249 e. The van der Waals surface area contributed by atoms with Gasteiger partial charge in [-0.3, -0.25) is 0 Å². The fraction of sp³-hybridized carbons (Fsp3) is 0.150. The van der Waals surface area contributed by atoms with Crippen LogP contribution in [0.5, 0.6) is 0 Å². The minimum Gasteiger partial charge on any atom is -0.339 e. The number of rotatable bonds is 6. The summed E-state index contributed by atoms with van der Waals surface area (Å²) in [5.74, 6) is 0.962. The molecule has 0 atom stereocenters. The van der Waals surface area contributed by atoms with Gasteiger partial charge in [-0.15, -0.1) is 10.2 Å². The Kier molecular flexibility index (Phi) is 5.56. The van der Waals surface area contributed by atoms with Crippen LogP contribution in [0.15, 0.2) is 48.5 Å². The van der Waals surface area contributed by atoms with Gasteiger partial charge in [0.1, 0.15) is 5.69 Å². The molecule has 0 aliphatic rings. The maximum absolute atomic E-state index is 8.88. The number of anilines is 4. The number of hydrogen-bond acceptors (Lipinski definition) is 7. The Labute approximate surface area is 157 Å². The fourth-order valence-corrected chi connectivity index (χ4v) is 2.40. The van der Waals surface area contributed by atoms with Gasteiger partial charge in [0.15, 0.2) is 5.82 Å². The number of hydrogen-bond donors (Lipinski definition) is 2. The van der Waals surface area contributed by atoms with Crippen LogP contribution < -0.4 is 10.6 Å². The van der Waals surface area contributed by atoms with Crippen LogP contribution in [-0.4, -0.2) is 15.2 Å². The summed E-state index contributed by atoms with van der Waals surface area (Å²) in [7, 11) is 0. The Morgan fingerprint density at radius 2 is 1.56 bits per heavy atom. The zero-order chi connectivity index (χ0) is 19.1. The van der Waals surface area contributed by atoms with Crippen LogP contribution in [0.3, 0.4) is 0 Å². The average Bonchev–Trinajstić information content (AvgIpc) is 2.70. The third-order valence-corrected chi connectivity index (χ3v) is 3.87. The van der Waals surface area contributed by atoms with E-state index >= 15 is 0 Å². The van der Waals surface area contributed by atoms with E-state index in [1.807, 2.05) is 43.3 Å². The first-order valence-electron chi connectivity index (χ1n) is 8.39. The van der Waals surface area contributed by atoms with Crippen molar-refractivity contribution in [2.45, 2.75) is 19.8 Å². The van der Waals surface area contributed by atoms with Gasteiger partial charge >= 0.3 is 0 Å². The van der Waals surface area contributed by atoms with Gasteiger partial charge in [-0.25, -0.2) is 0 Å². The topological polar surface area (TPSA) is 110 Å². The molecule has 7 heteroatoms. The number of nitrogens with zero attached hydrogens (tertiary/aromatic N) is 5. The third-order valence-electron chi connectivity index (χ3n) is 3.87. The highest BCUT2D eigenvalue weighted by Crippen LogP contribution is 2.20. The molecule has 0 bridgehead atoms. The fourth-order valence-electron chi connectivity index (χ4n) is 2.40. The van der Waals surface area contributed by atoms with E-state index in [-0.39, 0.29) is 0 Å². The van der Waals surface area contributed by atoms with Crippen LogP contribution in [0.4, 0.5) is 23.1 Å². The molecule has 132 valence electrons. The summed E-state index contributed by atoms with van der Waals surface area (Å²) in [6.07, 6.45) is 1.24. The van der Waals surface area contributed by atoms with E-state index in [1.165, 1.54) is 0 Å². The van der Waals surface area contributed by atoms with Crippen LogP contribution >= 0.6 is 0 Å². The molecule has 3 rings (SSSR count). The molecule has 0 amide bonds. The second kappa shape index (κ2) is 8.41. The Balaban J connectivity index is 1.72. The van der Waals surface area contributed by atoms with Crippen molar-refractivity contribution in [1.82, 2.24) is 15.2 Å². The normalized spacial score (nSPS) is 9.89. The van der Waals surface area contributed by atoms with Crippen LogP contribution in [-0.2, 0) is 6.42 Å². The quantitative estimate of drug-likeness (QED) is 0.687. The van der Waals surface area contributed by atoms with Crippen LogP contribution in [0.25, 0.3) is 0 Å². The Morgan fingerprint density at radius 1 is 0.889 bits per heavy atom. The molecular formula is C20H17N7. The molecule has 2 aromatic carbocycles. The summed E-state index contributed by atoms with van der Waals surface area (Å²) in [5, 5.41) is 32.1. The highest BCUT2D eigenvalue weighted by Gasteiger charge is 2.07. The maximum atomic E-state index is 8.88. The summed E-state index contributed by atoms with van der Waals surface area (Å²) in [6, 6.07) is 19.1. The van der Waals surface area contributed by atoms with Gasteiger partial charge in [0.05, 0.1) is 17.7 Å². The van der Waals surface area contributed by atoms with Crippen LogP contribution in [0.1, 0.15) is 23.2 Å². The summed E-state index contributed by atoms with van der Waals surface area (Å²) in [6.45, 7) is 1.82. The molecule has 0 spiro atoms. The van der Waals surface area contributed by atoms with Crippen LogP contribution in [0.2, 0.25) is 0 Å². The molecule has 2 N–H and O–H groups in total. The summed E-state index contributed by atoms with van der Waals surface area (Å²) in [5.41, 5.74) is 4.01. The lowest BCUT2D eigenvalue weighted by atomic mass is 10.1. The van der Waals surface area contributed by atoms with E-state index in [0.29, 0.717) is 29.4 Å². The van der Waals surface area contributed by atoms with E-state index in [2.05, 4.69) is 38.0 Å². The van der Waals surface area contributed by atoms with Gasteiger partial charge in [0.2, 0.25) is 5.95 Å². The number of nitrogens with one attached hydrogen (secondary N) is 2. The van der Waals surface area contributed by atoms with Crippen molar-refractivity contribution in [2.75, 3.05) is 10.6 Å². The molecule has 3 aromatic rings. The third kappa shape index (κ3) is 4.77. The van der Waals surface area contributed by atoms with Crippen molar-refractivity contribution >= 4 is 23.1 Å². The Morgan fingerprint density at radius 3 is 2.22 bits per heavy atom. The van der Waals surface area contributed by atoms with Gasteiger partial charge < -0.3 is 10.6 Å². The molecule has 1 aromatic heterocycles. The molecule has 0 fully saturated rings. The zero-order valence-corrected chi connectivity index (χ0v) is 14.8. The van der Waals surface area contributed by atoms with Crippen molar-refractivity contribution in [1.29, 1.82) is 10.5 Å². The molecule has 7 nitrogen and oxygen atoms in total. The van der Waals surface area contributed by atoms with Gasteiger partial charge in [-0.1, -0.05) is 12.1 Å². The average molecular weight is 355 g/mol. The second-order valence-corrected chi connectivity index (χ2v) is 5.86. The molecule has 0 radical (unpaired) electrons. The van der Waals surface area contributed by atoms with Crippen LogP contribution in [0, 0.1) is 29.6 Å². The van der Waals surface area contributed by atoms with Gasteiger partial charge in [0.25, 0.3) is 0 Å². The van der Waals surface area contributed by atoms with Gasteiger partial charge in [0, 0.05) is 17.8 Å². The summed E-state index contributed by atoms with van der Waals surface area (Å²) in [4.78, 5) is 4.47. The largest absolute Gasteiger partial charge is 0.339 e. The number of aryl methyl sites for hydroxylation is 2. The molecule has 0 aliphatic carbocycles. The lowest BCUT2D eigenvalue weighted by Gasteiger charge is -2.10. The molecule has 0 unspecified atom stereocenters. The van der Waals surface area contributed by atoms with Crippen molar-refractivity contribution in [3.05, 3.63) is 65.4 Å². The van der Waals surface area contributed by atoms with Gasteiger partial charge in [-0.2, -0.15) is 15.5 Å². The second-order valence-electron chi connectivity index (χ2n) is 5.86. The van der Waals surface area contributed by atoms with Crippen molar-refractivity contribution < 1.29 is 0 Å². The first-order chi connectivity index (χ1) is 13.2. The molecule has 0 saturated heterocycles. The summed E-state index contributed by atoms with van der Waals surface area (Å²) < 4.78 is 0. The zero-order valence-electron chi connectivity index (χ0n) is 14.8. The molecule has 1 heterocycles. The first-order valence-corrected chi connectivity index (χ1v) is 8.39. The molecular weight excluding hydrogens is 338 g/mol. The van der Waals surface area contributed by atoms with Crippen molar-refractivity contribution in [3.8, 4) is 12.1 Å². The Hall–Kier alpha value is -3.97.